The van der Waals surface area contributed by atoms with Crippen molar-refractivity contribution in [2.45, 2.75) is 23.4 Å². The number of nitrogens with two attached hydrogens (primary N) is 1. The fourth-order valence-electron chi connectivity index (χ4n) is 1.66. The van der Waals surface area contributed by atoms with E-state index in [9.17, 15) is 0 Å². The van der Waals surface area contributed by atoms with Crippen molar-refractivity contribution >= 4 is 11.8 Å². The average Bonchev–Trinajstić information content (AvgIpc) is 2.40. The summed E-state index contributed by atoms with van der Waals surface area (Å²) in [6, 6.07) is 9.92. The van der Waals surface area contributed by atoms with E-state index >= 15 is 0 Å². The van der Waals surface area contributed by atoms with E-state index in [1.807, 2.05) is 36.5 Å². The Morgan fingerprint density at radius 1 is 1.22 bits per heavy atom. The number of aryl methyl sites for hydroxylation is 1. The van der Waals surface area contributed by atoms with Crippen LogP contribution in [0.15, 0.2) is 46.5 Å². The third kappa shape index (κ3) is 2.83. The lowest BCUT2D eigenvalue weighted by atomic mass is 10.2. The number of hydrogen-bond donors (Lipinski definition) is 1. The maximum atomic E-state index is 5.78. The molecule has 0 bridgehead atoms. The highest BCUT2D eigenvalue weighted by Crippen LogP contribution is 2.30. The fraction of sp³-hybridized carbons (Fsp3) is 0.214. The van der Waals surface area contributed by atoms with E-state index < -0.39 is 0 Å². The number of aromatic nitrogens is 1. The number of rotatable bonds is 4. The molecule has 0 spiro atoms. The van der Waals surface area contributed by atoms with Crippen LogP contribution in [0.2, 0.25) is 0 Å². The lowest BCUT2D eigenvalue weighted by molar-refractivity contribution is 0.414. The third-order valence-electron chi connectivity index (χ3n) is 2.73. The first-order chi connectivity index (χ1) is 8.74. The Morgan fingerprint density at radius 2 is 1.94 bits per heavy atom. The van der Waals surface area contributed by atoms with Crippen molar-refractivity contribution < 1.29 is 4.74 Å². The second-order valence-electron chi connectivity index (χ2n) is 3.89. The van der Waals surface area contributed by atoms with Crippen molar-refractivity contribution in [2.75, 3.05) is 7.11 Å². The molecule has 0 fully saturated rings. The molecule has 0 atom stereocenters. The van der Waals surface area contributed by atoms with Gasteiger partial charge in [-0.3, -0.25) is 0 Å². The zero-order valence-corrected chi connectivity index (χ0v) is 11.3. The monoisotopic (exact) mass is 260 g/mol. The molecule has 2 rings (SSSR count). The predicted molar refractivity (Wildman–Crippen MR) is 74.0 cm³/mol. The quantitative estimate of drug-likeness (QED) is 0.918. The predicted octanol–water partition coefficient (Wildman–Crippen LogP) is 3.01. The van der Waals surface area contributed by atoms with E-state index in [1.165, 1.54) is 5.56 Å². The molecular weight excluding hydrogens is 244 g/mol. The molecule has 0 aliphatic heterocycles. The Hall–Kier alpha value is -1.52. The van der Waals surface area contributed by atoms with E-state index in [0.717, 1.165) is 21.2 Å². The molecule has 0 aliphatic rings. The first-order valence-electron chi connectivity index (χ1n) is 5.71. The maximum absolute atomic E-state index is 5.78. The number of hydrogen-bond acceptors (Lipinski definition) is 4. The summed E-state index contributed by atoms with van der Waals surface area (Å²) in [5, 5.41) is 0.975. The summed E-state index contributed by atoms with van der Waals surface area (Å²) in [7, 11) is 1.66. The minimum Gasteiger partial charge on any atom is -0.497 e. The molecule has 94 valence electrons. The van der Waals surface area contributed by atoms with Crippen molar-refractivity contribution in [2.24, 2.45) is 5.73 Å². The molecule has 18 heavy (non-hydrogen) atoms. The van der Waals surface area contributed by atoms with Crippen molar-refractivity contribution in [1.29, 1.82) is 0 Å². The maximum Gasteiger partial charge on any atom is 0.118 e. The van der Waals surface area contributed by atoms with Crippen LogP contribution >= 0.6 is 11.8 Å². The Balaban J connectivity index is 2.25. The van der Waals surface area contributed by atoms with Gasteiger partial charge in [0.1, 0.15) is 10.8 Å². The largest absolute Gasteiger partial charge is 0.497 e. The molecule has 3 nitrogen and oxygen atoms in total. The summed E-state index contributed by atoms with van der Waals surface area (Å²) in [5.41, 5.74) is 8.07. The highest BCUT2D eigenvalue weighted by molar-refractivity contribution is 7.99. The molecule has 0 amide bonds. The molecule has 0 unspecified atom stereocenters. The van der Waals surface area contributed by atoms with Crippen LogP contribution in [0.1, 0.15) is 11.1 Å². The Kier molecular flexibility index (Phi) is 4.23. The second-order valence-corrected chi connectivity index (χ2v) is 4.96. The molecule has 0 saturated carbocycles. The highest BCUT2D eigenvalue weighted by atomic mass is 32.2. The third-order valence-corrected chi connectivity index (χ3v) is 3.78. The molecule has 0 radical (unpaired) electrons. The molecule has 4 heteroatoms. The van der Waals surface area contributed by atoms with E-state index in [4.69, 9.17) is 10.5 Å². The van der Waals surface area contributed by atoms with Crippen molar-refractivity contribution in [3.63, 3.8) is 0 Å². The van der Waals surface area contributed by atoms with Gasteiger partial charge in [-0.2, -0.15) is 0 Å². The van der Waals surface area contributed by atoms with Crippen LogP contribution in [0, 0.1) is 6.92 Å². The summed E-state index contributed by atoms with van der Waals surface area (Å²) in [6.45, 7) is 2.57. The van der Waals surface area contributed by atoms with Gasteiger partial charge < -0.3 is 10.5 Å². The van der Waals surface area contributed by atoms with Crippen LogP contribution in [-0.4, -0.2) is 12.1 Å². The van der Waals surface area contributed by atoms with Gasteiger partial charge in [-0.25, -0.2) is 4.98 Å². The average molecular weight is 260 g/mol. The van der Waals surface area contributed by atoms with E-state index in [0.29, 0.717) is 6.54 Å². The molecule has 1 heterocycles. The van der Waals surface area contributed by atoms with Crippen molar-refractivity contribution in [1.82, 2.24) is 4.98 Å². The number of ether oxygens (including phenoxy) is 1. The molecule has 0 aliphatic carbocycles. The van der Waals surface area contributed by atoms with Gasteiger partial charge in [0.2, 0.25) is 0 Å². The SMILES string of the molecule is COc1ccc(Sc2nccc(C)c2CN)cc1. The smallest absolute Gasteiger partial charge is 0.118 e. The Labute approximate surface area is 111 Å². The minimum absolute atomic E-state index is 0.512. The topological polar surface area (TPSA) is 48.1 Å². The van der Waals surface area contributed by atoms with E-state index in [2.05, 4.69) is 11.9 Å². The highest BCUT2D eigenvalue weighted by Gasteiger charge is 2.07. The van der Waals surface area contributed by atoms with Crippen molar-refractivity contribution in [3.05, 3.63) is 47.7 Å². The molecule has 0 saturated heterocycles. The molecular formula is C14H16N2OS. The first-order valence-corrected chi connectivity index (χ1v) is 6.52. The van der Waals surface area contributed by atoms with Gasteiger partial charge in [0.25, 0.3) is 0 Å². The zero-order chi connectivity index (χ0) is 13.0. The Morgan fingerprint density at radius 3 is 2.56 bits per heavy atom. The number of pyridine rings is 1. The molecule has 2 N–H and O–H groups in total. The number of nitrogens with zero attached hydrogens (tertiary/aromatic N) is 1. The van der Waals surface area contributed by atoms with Crippen LogP contribution in [0.4, 0.5) is 0 Å². The van der Waals surface area contributed by atoms with E-state index in [-0.39, 0.29) is 0 Å². The van der Waals surface area contributed by atoms with Gasteiger partial charge in [0.15, 0.2) is 0 Å². The van der Waals surface area contributed by atoms with Crippen LogP contribution in [-0.2, 0) is 6.54 Å². The summed E-state index contributed by atoms with van der Waals surface area (Å²) in [5.74, 6) is 0.857. The van der Waals surface area contributed by atoms with Gasteiger partial charge in [0.05, 0.1) is 7.11 Å². The molecule has 1 aromatic carbocycles. The minimum atomic E-state index is 0.512. The summed E-state index contributed by atoms with van der Waals surface area (Å²) in [6.07, 6.45) is 1.82. The standard InChI is InChI=1S/C14H16N2OS/c1-10-7-8-16-14(13(10)9-15)18-12-5-3-11(17-2)4-6-12/h3-8H,9,15H2,1-2H3. The van der Waals surface area contributed by atoms with Gasteiger partial charge in [-0.15, -0.1) is 0 Å². The normalized spacial score (nSPS) is 10.4. The lowest BCUT2D eigenvalue weighted by Crippen LogP contribution is -2.02. The Bertz CT molecular complexity index is 526. The van der Waals surface area contributed by atoms with Gasteiger partial charge in [0, 0.05) is 23.2 Å². The summed E-state index contributed by atoms with van der Waals surface area (Å²) >= 11 is 1.63. The second kappa shape index (κ2) is 5.89. The van der Waals surface area contributed by atoms with Gasteiger partial charge in [-0.1, -0.05) is 11.8 Å². The first kappa shape index (κ1) is 12.9. The molecule has 1 aromatic heterocycles. The fourth-order valence-corrected chi connectivity index (χ4v) is 2.63. The summed E-state index contributed by atoms with van der Waals surface area (Å²) in [4.78, 5) is 5.53. The van der Waals surface area contributed by atoms with Crippen molar-refractivity contribution in [3.8, 4) is 5.75 Å². The zero-order valence-electron chi connectivity index (χ0n) is 10.5. The van der Waals surface area contributed by atoms with Gasteiger partial charge >= 0.3 is 0 Å². The van der Waals surface area contributed by atoms with E-state index in [1.54, 1.807) is 18.9 Å². The van der Waals surface area contributed by atoms with Gasteiger partial charge in [-0.05, 0) is 42.8 Å². The number of benzene rings is 1. The van der Waals surface area contributed by atoms with Crippen LogP contribution in [0.25, 0.3) is 0 Å². The van der Waals surface area contributed by atoms with Crippen LogP contribution in [0.3, 0.4) is 0 Å². The van der Waals surface area contributed by atoms with Crippen LogP contribution < -0.4 is 10.5 Å². The van der Waals surface area contributed by atoms with Crippen LogP contribution in [0.5, 0.6) is 5.75 Å². The lowest BCUT2D eigenvalue weighted by Gasteiger charge is -2.09. The summed E-state index contributed by atoms with van der Waals surface area (Å²) < 4.78 is 5.14. The molecule has 2 aromatic rings. The number of methoxy groups -OCH3 is 1.